The summed E-state index contributed by atoms with van der Waals surface area (Å²) in [6.07, 6.45) is 8.09. The fourth-order valence-corrected chi connectivity index (χ4v) is 7.92. The van der Waals surface area contributed by atoms with Gasteiger partial charge >= 0.3 is 5.97 Å². The van der Waals surface area contributed by atoms with Gasteiger partial charge in [0.05, 0.1) is 11.4 Å². The van der Waals surface area contributed by atoms with Gasteiger partial charge < -0.3 is 9.30 Å². The Morgan fingerprint density at radius 3 is 2.46 bits per heavy atom. The Hall–Kier alpha value is -3.14. The van der Waals surface area contributed by atoms with Gasteiger partial charge in [0.25, 0.3) is 0 Å². The highest BCUT2D eigenvalue weighted by atomic mass is 16.5. The van der Waals surface area contributed by atoms with Crippen LogP contribution in [0.2, 0.25) is 0 Å². The van der Waals surface area contributed by atoms with Crippen LogP contribution in [-0.2, 0) is 16.1 Å². The SMILES string of the molecule is Cc1cc(C)c2c3ccccc3n(Cc3ccc([C@@H](C(=O)O[C@H]4C[C@@H](C)CC[C@@H]4C(C)C)C4CCCC4)cc3)c2n1. The predicted molar refractivity (Wildman–Crippen MR) is 168 cm³/mol. The molecule has 0 unspecified atom stereocenters. The van der Waals surface area contributed by atoms with Crippen molar-refractivity contribution in [1.29, 1.82) is 0 Å². The number of ether oxygens (including phenoxy) is 1. The molecule has 6 rings (SSSR count). The van der Waals surface area contributed by atoms with Crippen molar-refractivity contribution in [1.82, 2.24) is 9.55 Å². The second kappa shape index (κ2) is 11.6. The summed E-state index contributed by atoms with van der Waals surface area (Å²) in [5.41, 5.74) is 6.89. The second-order valence-electron chi connectivity index (χ2n) is 13.4. The monoisotopic (exact) mass is 550 g/mol. The molecular weight excluding hydrogens is 504 g/mol. The molecule has 2 aliphatic rings. The molecule has 0 radical (unpaired) electrons. The zero-order valence-electron chi connectivity index (χ0n) is 25.5. The Morgan fingerprint density at radius 2 is 1.73 bits per heavy atom. The molecule has 2 fully saturated rings. The quantitative estimate of drug-likeness (QED) is 0.216. The number of aryl methyl sites for hydroxylation is 2. The fraction of sp³-hybridized carbons (Fsp3) is 0.514. The van der Waals surface area contributed by atoms with Crippen LogP contribution >= 0.6 is 0 Å². The Balaban J connectivity index is 1.29. The Labute approximate surface area is 245 Å². The average molecular weight is 551 g/mol. The summed E-state index contributed by atoms with van der Waals surface area (Å²) >= 11 is 0. The van der Waals surface area contributed by atoms with E-state index in [9.17, 15) is 4.79 Å². The van der Waals surface area contributed by atoms with E-state index in [-0.39, 0.29) is 18.0 Å². The number of hydrogen-bond donors (Lipinski definition) is 0. The molecule has 0 N–H and O–H groups in total. The van der Waals surface area contributed by atoms with Gasteiger partial charge in [0.2, 0.25) is 0 Å². The van der Waals surface area contributed by atoms with Gasteiger partial charge in [-0.15, -0.1) is 0 Å². The first kappa shape index (κ1) is 28.0. The topological polar surface area (TPSA) is 44.1 Å². The molecule has 4 nitrogen and oxygen atoms in total. The van der Waals surface area contributed by atoms with E-state index < -0.39 is 0 Å². The Bertz CT molecular complexity index is 1530. The highest BCUT2D eigenvalue weighted by molar-refractivity contribution is 6.08. The number of hydrogen-bond acceptors (Lipinski definition) is 3. The number of carbonyl (C=O) groups is 1. The molecule has 0 bridgehead atoms. The maximum absolute atomic E-state index is 13.9. The Kier molecular flexibility index (Phi) is 7.94. The normalized spacial score (nSPS) is 22.5. The van der Waals surface area contributed by atoms with Crippen LogP contribution in [-0.4, -0.2) is 21.6 Å². The highest BCUT2D eigenvalue weighted by Crippen LogP contribution is 2.41. The van der Waals surface area contributed by atoms with Crippen LogP contribution in [0.15, 0.2) is 54.6 Å². The molecule has 0 amide bonds. The van der Waals surface area contributed by atoms with E-state index in [0.29, 0.717) is 23.7 Å². The third-order valence-electron chi connectivity index (χ3n) is 10.1. The molecule has 4 aromatic rings. The van der Waals surface area contributed by atoms with Crippen molar-refractivity contribution in [3.8, 4) is 0 Å². The minimum absolute atomic E-state index is 0.00643. The van der Waals surface area contributed by atoms with Gasteiger partial charge in [0, 0.05) is 23.0 Å². The maximum Gasteiger partial charge on any atom is 0.313 e. The number of pyridine rings is 1. The van der Waals surface area contributed by atoms with Gasteiger partial charge in [-0.3, -0.25) is 4.79 Å². The van der Waals surface area contributed by atoms with Crippen molar-refractivity contribution in [3.05, 3.63) is 77.0 Å². The van der Waals surface area contributed by atoms with E-state index in [1.807, 2.05) is 0 Å². The number of rotatable bonds is 7. The lowest BCUT2D eigenvalue weighted by molar-refractivity contribution is -0.159. The molecule has 2 saturated carbocycles. The van der Waals surface area contributed by atoms with Crippen LogP contribution in [0, 0.1) is 37.5 Å². The molecular formula is C37H46N2O2. The first-order chi connectivity index (χ1) is 19.8. The number of nitrogens with zero attached hydrogens (tertiary/aromatic N) is 2. The minimum atomic E-state index is -0.170. The molecule has 2 heterocycles. The lowest BCUT2D eigenvalue weighted by Gasteiger charge is -2.37. The summed E-state index contributed by atoms with van der Waals surface area (Å²) in [7, 11) is 0. The molecule has 41 heavy (non-hydrogen) atoms. The van der Waals surface area contributed by atoms with Crippen molar-refractivity contribution in [2.45, 2.75) is 98.1 Å². The summed E-state index contributed by atoms with van der Waals surface area (Å²) in [4.78, 5) is 18.9. The number of carbonyl (C=O) groups excluding carboxylic acids is 1. The molecule has 216 valence electrons. The van der Waals surface area contributed by atoms with Crippen molar-refractivity contribution >= 4 is 27.9 Å². The third kappa shape index (κ3) is 5.55. The molecule has 2 aromatic carbocycles. The van der Waals surface area contributed by atoms with Crippen LogP contribution in [0.25, 0.3) is 21.9 Å². The van der Waals surface area contributed by atoms with Crippen molar-refractivity contribution in [3.63, 3.8) is 0 Å². The number of esters is 1. The van der Waals surface area contributed by atoms with E-state index >= 15 is 0 Å². The molecule has 4 atom stereocenters. The molecule has 4 heteroatoms. The lowest BCUT2D eigenvalue weighted by Crippen LogP contribution is -2.37. The number of fused-ring (bicyclic) bond motifs is 3. The van der Waals surface area contributed by atoms with Gasteiger partial charge in [0.1, 0.15) is 11.8 Å². The number of aromatic nitrogens is 2. The number of para-hydroxylation sites is 1. The first-order valence-electron chi connectivity index (χ1n) is 15.9. The van der Waals surface area contributed by atoms with Crippen LogP contribution in [0.1, 0.15) is 94.0 Å². The van der Waals surface area contributed by atoms with E-state index in [1.54, 1.807) is 0 Å². The third-order valence-corrected chi connectivity index (χ3v) is 10.1. The maximum atomic E-state index is 13.9. The van der Waals surface area contributed by atoms with Gasteiger partial charge in [-0.1, -0.05) is 82.5 Å². The lowest BCUT2D eigenvalue weighted by atomic mass is 9.75. The van der Waals surface area contributed by atoms with Crippen molar-refractivity contribution in [2.24, 2.45) is 23.7 Å². The van der Waals surface area contributed by atoms with Gasteiger partial charge in [0.15, 0.2) is 0 Å². The molecule has 0 saturated heterocycles. The summed E-state index contributed by atoms with van der Waals surface area (Å²) in [6.45, 7) is 11.9. The van der Waals surface area contributed by atoms with Gasteiger partial charge in [-0.2, -0.15) is 0 Å². The zero-order valence-corrected chi connectivity index (χ0v) is 25.5. The first-order valence-corrected chi connectivity index (χ1v) is 15.9. The highest BCUT2D eigenvalue weighted by Gasteiger charge is 2.38. The van der Waals surface area contributed by atoms with E-state index in [4.69, 9.17) is 9.72 Å². The van der Waals surface area contributed by atoms with Crippen LogP contribution in [0.4, 0.5) is 0 Å². The zero-order chi connectivity index (χ0) is 28.7. The van der Waals surface area contributed by atoms with Crippen LogP contribution < -0.4 is 0 Å². The molecule has 0 aliphatic heterocycles. The summed E-state index contributed by atoms with van der Waals surface area (Å²) < 4.78 is 8.79. The van der Waals surface area contributed by atoms with E-state index in [0.717, 1.165) is 49.1 Å². The smallest absolute Gasteiger partial charge is 0.313 e. The standard InChI is InChI=1S/C37H46N2O2/c1-23(2)30-19-14-24(3)20-33(30)41-37(40)35(28-10-6-7-11-28)29-17-15-27(16-18-29)22-39-32-13-9-8-12-31(32)34-25(4)21-26(5)38-36(34)39/h8-9,12-13,15-18,21,23-24,28,30,33,35H,6-7,10-11,14,19-20,22H2,1-5H3/t24-,30+,33-,35-/m0/s1. The Morgan fingerprint density at radius 1 is 1.00 bits per heavy atom. The molecule has 0 spiro atoms. The van der Waals surface area contributed by atoms with Crippen molar-refractivity contribution < 1.29 is 9.53 Å². The summed E-state index contributed by atoms with van der Waals surface area (Å²) in [5, 5.41) is 2.49. The molecule has 2 aromatic heterocycles. The van der Waals surface area contributed by atoms with Crippen molar-refractivity contribution in [2.75, 3.05) is 0 Å². The van der Waals surface area contributed by atoms with Gasteiger partial charge in [-0.05, 0) is 92.0 Å². The number of benzene rings is 2. The minimum Gasteiger partial charge on any atom is -0.462 e. The van der Waals surface area contributed by atoms with Crippen LogP contribution in [0.5, 0.6) is 0 Å². The largest absolute Gasteiger partial charge is 0.462 e. The summed E-state index contributed by atoms with van der Waals surface area (Å²) in [5.74, 6) is 1.83. The predicted octanol–water partition coefficient (Wildman–Crippen LogP) is 9.13. The summed E-state index contributed by atoms with van der Waals surface area (Å²) in [6, 6.07) is 19.6. The van der Waals surface area contributed by atoms with Crippen LogP contribution in [0.3, 0.4) is 0 Å². The van der Waals surface area contributed by atoms with E-state index in [2.05, 4.69) is 93.8 Å². The van der Waals surface area contributed by atoms with Gasteiger partial charge in [-0.25, -0.2) is 4.98 Å². The average Bonchev–Trinajstić information content (AvgIpc) is 3.57. The molecule has 2 aliphatic carbocycles. The van der Waals surface area contributed by atoms with E-state index in [1.165, 1.54) is 46.7 Å². The second-order valence-corrected chi connectivity index (χ2v) is 13.4. The fourth-order valence-electron chi connectivity index (χ4n) is 7.92.